The van der Waals surface area contributed by atoms with Crippen LogP contribution in [-0.4, -0.2) is 11.4 Å². The molecule has 0 aliphatic rings. The van der Waals surface area contributed by atoms with Gasteiger partial charge >= 0.3 is 0 Å². The van der Waals surface area contributed by atoms with Crippen LogP contribution in [0.1, 0.15) is 20.8 Å². The number of aldehydes is 1. The van der Waals surface area contributed by atoms with Gasteiger partial charge < -0.3 is 5.11 Å². The number of allylic oxidation sites excluding steroid dienone is 3. The fraction of sp³-hybridized carbons (Fsp3) is 0.375. The average molecular weight is 140 g/mol. The van der Waals surface area contributed by atoms with Crippen LogP contribution >= 0.6 is 0 Å². The molecule has 2 heteroatoms. The van der Waals surface area contributed by atoms with E-state index in [4.69, 9.17) is 5.11 Å². The maximum absolute atomic E-state index is 10.2. The van der Waals surface area contributed by atoms with Crippen molar-refractivity contribution in [3.05, 3.63) is 23.0 Å². The summed E-state index contributed by atoms with van der Waals surface area (Å²) in [6.07, 6.45) is 1.78. The third kappa shape index (κ3) is 2.05. The zero-order valence-corrected chi connectivity index (χ0v) is 6.51. The third-order valence-electron chi connectivity index (χ3n) is 1.55. The van der Waals surface area contributed by atoms with Crippen LogP contribution in [0.2, 0.25) is 0 Å². The number of carbonyl (C=O) groups is 1. The zero-order valence-electron chi connectivity index (χ0n) is 6.51. The Morgan fingerprint density at radius 1 is 1.30 bits per heavy atom. The Morgan fingerprint density at radius 3 is 2.10 bits per heavy atom. The molecule has 0 aromatic rings. The Balaban J connectivity index is 4.63. The van der Waals surface area contributed by atoms with Crippen LogP contribution in [-0.2, 0) is 4.79 Å². The Kier molecular flexibility index (Phi) is 3.47. The molecule has 2 nitrogen and oxygen atoms in total. The fourth-order valence-corrected chi connectivity index (χ4v) is 0.496. The molecular formula is C8H12O2. The summed E-state index contributed by atoms with van der Waals surface area (Å²) in [5.41, 5.74) is 2.21. The summed E-state index contributed by atoms with van der Waals surface area (Å²) in [4.78, 5) is 10.2. The molecule has 0 fully saturated rings. The first-order valence-corrected chi connectivity index (χ1v) is 3.07. The molecule has 0 bridgehead atoms. The maximum atomic E-state index is 10.2. The average Bonchev–Trinajstić information content (AvgIpc) is 2.00. The Labute approximate surface area is 60.9 Å². The maximum Gasteiger partial charge on any atom is 0.146 e. The second-order valence-electron chi connectivity index (χ2n) is 2.24. The first-order chi connectivity index (χ1) is 4.63. The molecule has 10 heavy (non-hydrogen) atoms. The van der Waals surface area contributed by atoms with Crippen molar-refractivity contribution in [1.29, 1.82) is 0 Å². The summed E-state index contributed by atoms with van der Waals surface area (Å²) in [7, 11) is 0. The fourth-order valence-electron chi connectivity index (χ4n) is 0.496. The molecule has 0 spiro atoms. The number of rotatable bonds is 2. The molecule has 0 saturated heterocycles. The van der Waals surface area contributed by atoms with Crippen LogP contribution in [0.3, 0.4) is 0 Å². The monoisotopic (exact) mass is 140 g/mol. The lowest BCUT2D eigenvalue weighted by atomic mass is 10.1. The minimum Gasteiger partial charge on any atom is -0.515 e. The van der Waals surface area contributed by atoms with Gasteiger partial charge in [0.05, 0.1) is 6.26 Å². The van der Waals surface area contributed by atoms with Crippen molar-refractivity contribution in [3.63, 3.8) is 0 Å². The van der Waals surface area contributed by atoms with E-state index in [1.807, 2.05) is 0 Å². The van der Waals surface area contributed by atoms with Gasteiger partial charge in [0, 0.05) is 0 Å². The number of hydrogen-bond acceptors (Lipinski definition) is 2. The van der Waals surface area contributed by atoms with Crippen LogP contribution in [0.15, 0.2) is 23.0 Å². The number of aliphatic hydroxyl groups is 1. The van der Waals surface area contributed by atoms with E-state index in [1.165, 1.54) is 0 Å². The van der Waals surface area contributed by atoms with Gasteiger partial charge in [-0.1, -0.05) is 0 Å². The van der Waals surface area contributed by atoms with E-state index < -0.39 is 0 Å². The summed E-state index contributed by atoms with van der Waals surface area (Å²) in [5, 5.41) is 8.54. The summed E-state index contributed by atoms with van der Waals surface area (Å²) >= 11 is 0. The molecule has 1 N–H and O–H groups in total. The van der Waals surface area contributed by atoms with Crippen LogP contribution in [0.5, 0.6) is 0 Å². The molecule has 0 rings (SSSR count). The Hall–Kier alpha value is -1.05. The van der Waals surface area contributed by atoms with Crippen molar-refractivity contribution in [3.8, 4) is 0 Å². The van der Waals surface area contributed by atoms with Crippen molar-refractivity contribution in [2.45, 2.75) is 20.8 Å². The molecule has 0 aromatic carbocycles. The van der Waals surface area contributed by atoms with Gasteiger partial charge in [-0.05, 0) is 37.5 Å². The minimum atomic E-state index is 0.655. The van der Waals surface area contributed by atoms with Gasteiger partial charge in [0.1, 0.15) is 6.29 Å². The second-order valence-corrected chi connectivity index (χ2v) is 2.24. The smallest absolute Gasteiger partial charge is 0.146 e. The highest BCUT2D eigenvalue weighted by Gasteiger charge is 1.96. The first-order valence-electron chi connectivity index (χ1n) is 3.07. The molecule has 56 valence electrons. The molecule has 0 aromatic heterocycles. The molecule has 0 aliphatic carbocycles. The van der Waals surface area contributed by atoms with Gasteiger partial charge in [0.15, 0.2) is 0 Å². The van der Waals surface area contributed by atoms with Crippen LogP contribution in [0, 0.1) is 0 Å². The van der Waals surface area contributed by atoms with Crippen molar-refractivity contribution in [1.82, 2.24) is 0 Å². The summed E-state index contributed by atoms with van der Waals surface area (Å²) in [5.74, 6) is 0. The molecule has 0 atom stereocenters. The topological polar surface area (TPSA) is 37.3 Å². The highest BCUT2D eigenvalue weighted by atomic mass is 16.2. The van der Waals surface area contributed by atoms with Gasteiger partial charge in [-0.3, -0.25) is 4.79 Å². The Morgan fingerprint density at radius 2 is 1.80 bits per heavy atom. The van der Waals surface area contributed by atoms with Gasteiger partial charge in [-0.2, -0.15) is 0 Å². The van der Waals surface area contributed by atoms with E-state index >= 15 is 0 Å². The molecule has 0 amide bonds. The Bertz CT molecular complexity index is 187. The molecule has 0 aliphatic heterocycles. The minimum absolute atomic E-state index is 0.655. The van der Waals surface area contributed by atoms with Crippen molar-refractivity contribution in [2.75, 3.05) is 0 Å². The van der Waals surface area contributed by atoms with Crippen LogP contribution in [0.4, 0.5) is 0 Å². The number of carbonyl (C=O) groups excluding carboxylic acids is 1. The quantitative estimate of drug-likeness (QED) is 0.275. The predicted molar refractivity (Wildman–Crippen MR) is 40.8 cm³/mol. The lowest BCUT2D eigenvalue weighted by molar-refractivity contribution is -0.104. The highest BCUT2D eigenvalue weighted by molar-refractivity contribution is 5.74. The molecule has 0 unspecified atom stereocenters. The lowest BCUT2D eigenvalue weighted by Gasteiger charge is -1.99. The molecule has 0 radical (unpaired) electrons. The van der Waals surface area contributed by atoms with Crippen molar-refractivity contribution >= 4 is 6.29 Å². The van der Waals surface area contributed by atoms with Gasteiger partial charge in [0.2, 0.25) is 0 Å². The van der Waals surface area contributed by atoms with Gasteiger partial charge in [0.25, 0.3) is 0 Å². The number of hydrogen-bond donors (Lipinski definition) is 1. The summed E-state index contributed by atoms with van der Waals surface area (Å²) in [6, 6.07) is 0. The number of aliphatic hydroxyl groups excluding tert-OH is 1. The van der Waals surface area contributed by atoms with E-state index in [1.54, 1.807) is 20.8 Å². The molecule has 0 heterocycles. The van der Waals surface area contributed by atoms with Gasteiger partial charge in [-0.25, -0.2) is 0 Å². The van der Waals surface area contributed by atoms with Crippen molar-refractivity contribution in [2.24, 2.45) is 0 Å². The van der Waals surface area contributed by atoms with E-state index in [0.717, 1.165) is 23.7 Å². The third-order valence-corrected chi connectivity index (χ3v) is 1.55. The normalized spacial score (nSPS) is 14.5. The summed E-state index contributed by atoms with van der Waals surface area (Å²) < 4.78 is 0. The molecule has 0 saturated carbocycles. The van der Waals surface area contributed by atoms with E-state index in [0.29, 0.717) is 5.57 Å². The lowest BCUT2D eigenvalue weighted by Crippen LogP contribution is -1.87. The van der Waals surface area contributed by atoms with E-state index in [9.17, 15) is 4.79 Å². The highest BCUT2D eigenvalue weighted by Crippen LogP contribution is 2.10. The second kappa shape index (κ2) is 3.88. The van der Waals surface area contributed by atoms with E-state index in [-0.39, 0.29) is 0 Å². The zero-order chi connectivity index (χ0) is 8.15. The largest absolute Gasteiger partial charge is 0.515 e. The SMILES string of the molecule is CC(=C\O)/C(C)=C(\C)C=O. The van der Waals surface area contributed by atoms with Crippen LogP contribution < -0.4 is 0 Å². The van der Waals surface area contributed by atoms with Gasteiger partial charge in [-0.15, -0.1) is 0 Å². The standard InChI is InChI=1S/C8H12O2/c1-6(4-9)8(3)7(2)5-10/h4-5,9H,1-3H3/b6-4+,8-7+. The van der Waals surface area contributed by atoms with Crippen LogP contribution in [0.25, 0.3) is 0 Å². The summed E-state index contributed by atoms with van der Waals surface area (Å²) in [6.45, 7) is 5.27. The van der Waals surface area contributed by atoms with Crippen molar-refractivity contribution < 1.29 is 9.90 Å². The first kappa shape index (κ1) is 8.95. The van der Waals surface area contributed by atoms with E-state index in [2.05, 4.69) is 0 Å². The predicted octanol–water partition coefficient (Wildman–Crippen LogP) is 1.98. The molecular weight excluding hydrogens is 128 g/mol.